The second-order valence-corrected chi connectivity index (χ2v) is 6.82. The Bertz CT molecular complexity index is 671. The molecule has 0 amide bonds. The molecule has 8 heteroatoms. The molecule has 0 atom stereocenters. The van der Waals surface area contributed by atoms with E-state index in [2.05, 4.69) is 36.2 Å². The van der Waals surface area contributed by atoms with Gasteiger partial charge in [-0.1, -0.05) is 6.07 Å². The van der Waals surface area contributed by atoms with E-state index in [0.29, 0.717) is 11.0 Å². The summed E-state index contributed by atoms with van der Waals surface area (Å²) in [5.74, 6) is 0. The third-order valence-electron chi connectivity index (χ3n) is 2.69. The zero-order chi connectivity index (χ0) is 14.6. The van der Waals surface area contributed by atoms with Crippen LogP contribution in [0.2, 0.25) is 0 Å². The summed E-state index contributed by atoms with van der Waals surface area (Å²) >= 11 is 3.31. The summed E-state index contributed by atoms with van der Waals surface area (Å²) in [7, 11) is -1.72. The highest BCUT2D eigenvalue weighted by atomic mass is 79.9. The number of nitrogens with zero attached hydrogens (tertiary/aromatic N) is 1. The minimum absolute atomic E-state index is 0.198. The molecule has 2 aromatic rings. The van der Waals surface area contributed by atoms with Crippen molar-refractivity contribution in [3.05, 3.63) is 46.2 Å². The molecular weight excluding hydrogens is 344 g/mol. The van der Waals surface area contributed by atoms with Gasteiger partial charge in [0.05, 0.1) is 11.1 Å². The molecule has 0 bridgehead atoms. The number of halogens is 1. The molecule has 0 fully saturated rings. The highest BCUT2D eigenvalue weighted by Gasteiger charge is 2.17. The Hall–Kier alpha value is -1.22. The van der Waals surface area contributed by atoms with Gasteiger partial charge in [0.2, 0.25) is 10.0 Å². The first-order chi connectivity index (χ1) is 9.53. The Morgan fingerprint density at radius 3 is 2.70 bits per heavy atom. The van der Waals surface area contributed by atoms with Crippen LogP contribution in [0.4, 0.5) is 0 Å². The van der Waals surface area contributed by atoms with Crippen LogP contribution in [0, 0.1) is 0 Å². The first-order valence-corrected chi connectivity index (χ1v) is 8.21. The summed E-state index contributed by atoms with van der Waals surface area (Å²) in [6.07, 6.45) is 3.22. The fraction of sp³-hybridized carbons (Fsp3) is 0.250. The number of aromatic amines is 1. The van der Waals surface area contributed by atoms with Gasteiger partial charge in [0.1, 0.15) is 0 Å². The van der Waals surface area contributed by atoms with Gasteiger partial charge in [0, 0.05) is 29.3 Å². The van der Waals surface area contributed by atoms with Crippen LogP contribution in [0.25, 0.3) is 0 Å². The van der Waals surface area contributed by atoms with Crippen molar-refractivity contribution in [2.75, 3.05) is 7.05 Å². The van der Waals surface area contributed by atoms with E-state index in [-0.39, 0.29) is 11.4 Å². The molecule has 0 saturated heterocycles. The van der Waals surface area contributed by atoms with Crippen LogP contribution >= 0.6 is 15.9 Å². The maximum atomic E-state index is 12.2. The lowest BCUT2D eigenvalue weighted by Gasteiger charge is -2.09. The van der Waals surface area contributed by atoms with Crippen molar-refractivity contribution in [1.29, 1.82) is 0 Å². The monoisotopic (exact) mass is 358 g/mol. The van der Waals surface area contributed by atoms with E-state index in [1.54, 1.807) is 30.6 Å². The van der Waals surface area contributed by atoms with Gasteiger partial charge in [-0.3, -0.25) is 5.10 Å². The molecule has 0 aliphatic heterocycles. The van der Waals surface area contributed by atoms with E-state index < -0.39 is 10.0 Å². The largest absolute Gasteiger partial charge is 0.316 e. The number of sulfonamides is 1. The van der Waals surface area contributed by atoms with E-state index in [1.807, 2.05) is 7.05 Å². The Morgan fingerprint density at radius 2 is 2.10 bits per heavy atom. The molecule has 1 aromatic carbocycles. The summed E-state index contributed by atoms with van der Waals surface area (Å²) in [6, 6.07) is 5.17. The lowest BCUT2D eigenvalue weighted by molar-refractivity contribution is 0.581. The SMILES string of the molecule is CNCc1ccc(S(=O)(=O)NCc2cn[nH]c2)c(Br)c1. The number of H-pyrrole nitrogens is 1. The average molecular weight is 359 g/mol. The smallest absolute Gasteiger partial charge is 0.241 e. The number of nitrogens with one attached hydrogen (secondary N) is 3. The molecule has 0 unspecified atom stereocenters. The average Bonchev–Trinajstić information content (AvgIpc) is 2.90. The molecule has 3 N–H and O–H groups in total. The Balaban J connectivity index is 2.16. The molecule has 0 spiro atoms. The van der Waals surface area contributed by atoms with E-state index in [4.69, 9.17) is 0 Å². The van der Waals surface area contributed by atoms with Crippen LogP contribution < -0.4 is 10.0 Å². The van der Waals surface area contributed by atoms with E-state index in [1.165, 1.54) is 0 Å². The quantitative estimate of drug-likeness (QED) is 0.727. The molecule has 0 aliphatic rings. The lowest BCUT2D eigenvalue weighted by Crippen LogP contribution is -2.23. The summed E-state index contributed by atoms with van der Waals surface area (Å²) in [5, 5.41) is 9.42. The number of aromatic nitrogens is 2. The second-order valence-electron chi connectivity index (χ2n) is 4.23. The zero-order valence-electron chi connectivity index (χ0n) is 10.9. The van der Waals surface area contributed by atoms with Crippen LogP contribution in [-0.2, 0) is 23.1 Å². The molecular formula is C12H15BrN4O2S. The third-order valence-corrected chi connectivity index (χ3v) is 5.07. The first kappa shape index (κ1) is 15.2. The van der Waals surface area contributed by atoms with Gasteiger partial charge >= 0.3 is 0 Å². The van der Waals surface area contributed by atoms with Gasteiger partial charge in [-0.05, 0) is 40.7 Å². The van der Waals surface area contributed by atoms with Gasteiger partial charge in [-0.25, -0.2) is 13.1 Å². The minimum Gasteiger partial charge on any atom is -0.316 e. The van der Waals surface area contributed by atoms with Crippen molar-refractivity contribution in [1.82, 2.24) is 20.2 Å². The van der Waals surface area contributed by atoms with E-state index in [9.17, 15) is 8.42 Å². The van der Waals surface area contributed by atoms with Gasteiger partial charge in [-0.2, -0.15) is 5.10 Å². The van der Waals surface area contributed by atoms with Gasteiger partial charge in [-0.15, -0.1) is 0 Å². The number of rotatable bonds is 6. The molecule has 6 nitrogen and oxygen atoms in total. The summed E-state index contributed by atoms with van der Waals surface area (Å²) in [6.45, 7) is 0.880. The topological polar surface area (TPSA) is 86.9 Å². The standard InChI is InChI=1S/C12H15BrN4O2S/c1-14-5-9-2-3-12(11(13)4-9)20(18,19)17-8-10-6-15-16-7-10/h2-4,6-7,14,17H,5,8H2,1H3,(H,15,16). The number of hydrogen-bond donors (Lipinski definition) is 3. The summed E-state index contributed by atoms with van der Waals surface area (Å²) in [4.78, 5) is 0.223. The van der Waals surface area contributed by atoms with Crippen molar-refractivity contribution >= 4 is 26.0 Å². The van der Waals surface area contributed by atoms with E-state index >= 15 is 0 Å². The molecule has 20 heavy (non-hydrogen) atoms. The van der Waals surface area contributed by atoms with Crippen LogP contribution in [0.1, 0.15) is 11.1 Å². The fourth-order valence-electron chi connectivity index (χ4n) is 1.71. The Morgan fingerprint density at radius 1 is 1.30 bits per heavy atom. The molecule has 2 rings (SSSR count). The van der Waals surface area contributed by atoms with Gasteiger partial charge in [0.25, 0.3) is 0 Å². The molecule has 1 heterocycles. The predicted octanol–water partition coefficient (Wildman–Crippen LogP) is 1.37. The van der Waals surface area contributed by atoms with Crippen LogP contribution in [-0.4, -0.2) is 25.7 Å². The maximum absolute atomic E-state index is 12.2. The Labute approximate surface area is 126 Å². The number of benzene rings is 1. The third kappa shape index (κ3) is 3.66. The van der Waals surface area contributed by atoms with Crippen molar-refractivity contribution in [3.63, 3.8) is 0 Å². The second kappa shape index (κ2) is 6.49. The first-order valence-electron chi connectivity index (χ1n) is 5.93. The van der Waals surface area contributed by atoms with E-state index in [0.717, 1.165) is 11.1 Å². The highest BCUT2D eigenvalue weighted by Crippen LogP contribution is 2.23. The maximum Gasteiger partial charge on any atom is 0.241 e. The summed E-state index contributed by atoms with van der Waals surface area (Å²) < 4.78 is 27.5. The van der Waals surface area contributed by atoms with Crippen LogP contribution in [0.5, 0.6) is 0 Å². The van der Waals surface area contributed by atoms with Crippen molar-refractivity contribution in [2.24, 2.45) is 0 Å². The van der Waals surface area contributed by atoms with Crippen molar-refractivity contribution in [3.8, 4) is 0 Å². The van der Waals surface area contributed by atoms with Crippen LogP contribution in [0.15, 0.2) is 40.0 Å². The summed E-state index contributed by atoms with van der Waals surface area (Å²) in [5.41, 5.74) is 1.78. The zero-order valence-corrected chi connectivity index (χ0v) is 13.3. The molecule has 1 aromatic heterocycles. The molecule has 0 radical (unpaired) electrons. The molecule has 0 aliphatic carbocycles. The highest BCUT2D eigenvalue weighted by molar-refractivity contribution is 9.10. The predicted molar refractivity (Wildman–Crippen MR) is 79.5 cm³/mol. The normalized spacial score (nSPS) is 11.7. The lowest BCUT2D eigenvalue weighted by atomic mass is 10.2. The molecule has 0 saturated carbocycles. The Kier molecular flexibility index (Phi) is 4.92. The minimum atomic E-state index is -3.56. The number of hydrogen-bond acceptors (Lipinski definition) is 4. The van der Waals surface area contributed by atoms with Gasteiger partial charge in [0.15, 0.2) is 0 Å². The van der Waals surface area contributed by atoms with Crippen LogP contribution in [0.3, 0.4) is 0 Å². The molecule has 108 valence electrons. The van der Waals surface area contributed by atoms with Crippen molar-refractivity contribution in [2.45, 2.75) is 18.0 Å². The van der Waals surface area contributed by atoms with Crippen molar-refractivity contribution < 1.29 is 8.42 Å². The van der Waals surface area contributed by atoms with Gasteiger partial charge < -0.3 is 5.32 Å². The fourth-order valence-corrected chi connectivity index (χ4v) is 3.85.